The van der Waals surface area contributed by atoms with Gasteiger partial charge < -0.3 is 20.1 Å². The molecule has 0 spiro atoms. The molecule has 1 amide bonds. The van der Waals surface area contributed by atoms with Gasteiger partial charge in [-0.1, -0.05) is 0 Å². The number of aliphatic hydroxyl groups excluding tert-OH is 1. The normalized spacial score (nSPS) is 23.2. The van der Waals surface area contributed by atoms with Crippen LogP contribution in [0.15, 0.2) is 18.3 Å². The SMILES string of the molecule is CNc1cc(C(=O)N2CC(CO)OCC2C)ccn1. The van der Waals surface area contributed by atoms with Gasteiger partial charge in [0, 0.05) is 25.4 Å². The molecule has 0 aliphatic carbocycles. The fraction of sp³-hybridized carbons (Fsp3) is 0.538. The summed E-state index contributed by atoms with van der Waals surface area (Å²) in [5.41, 5.74) is 0.588. The quantitative estimate of drug-likeness (QED) is 0.824. The van der Waals surface area contributed by atoms with Gasteiger partial charge in [-0.25, -0.2) is 4.98 Å². The number of carbonyl (C=O) groups excluding carboxylic acids is 1. The van der Waals surface area contributed by atoms with Gasteiger partial charge in [-0.15, -0.1) is 0 Å². The highest BCUT2D eigenvalue weighted by atomic mass is 16.5. The number of morpholine rings is 1. The Balaban J connectivity index is 2.16. The summed E-state index contributed by atoms with van der Waals surface area (Å²) in [6.07, 6.45) is 1.30. The van der Waals surface area contributed by atoms with E-state index in [0.29, 0.717) is 24.5 Å². The Morgan fingerprint density at radius 1 is 1.68 bits per heavy atom. The van der Waals surface area contributed by atoms with Crippen LogP contribution in [-0.2, 0) is 4.74 Å². The van der Waals surface area contributed by atoms with E-state index in [1.54, 1.807) is 30.3 Å². The van der Waals surface area contributed by atoms with E-state index < -0.39 is 0 Å². The van der Waals surface area contributed by atoms with Gasteiger partial charge in [0.05, 0.1) is 25.4 Å². The predicted molar refractivity (Wildman–Crippen MR) is 71.1 cm³/mol. The maximum atomic E-state index is 12.5. The van der Waals surface area contributed by atoms with Gasteiger partial charge in [-0.2, -0.15) is 0 Å². The zero-order valence-corrected chi connectivity index (χ0v) is 11.2. The summed E-state index contributed by atoms with van der Waals surface area (Å²) in [4.78, 5) is 18.3. The minimum Gasteiger partial charge on any atom is -0.394 e. The zero-order valence-electron chi connectivity index (χ0n) is 11.2. The van der Waals surface area contributed by atoms with Crippen LogP contribution in [0.5, 0.6) is 0 Å². The first-order valence-electron chi connectivity index (χ1n) is 6.33. The third-order valence-electron chi connectivity index (χ3n) is 3.23. The number of aliphatic hydroxyl groups is 1. The van der Waals surface area contributed by atoms with Gasteiger partial charge in [0.25, 0.3) is 5.91 Å². The lowest BCUT2D eigenvalue weighted by Crippen LogP contribution is -2.52. The summed E-state index contributed by atoms with van der Waals surface area (Å²) in [7, 11) is 1.76. The lowest BCUT2D eigenvalue weighted by molar-refractivity contribution is -0.0667. The summed E-state index contributed by atoms with van der Waals surface area (Å²) < 4.78 is 5.43. The minimum absolute atomic E-state index is 0.00139. The van der Waals surface area contributed by atoms with E-state index >= 15 is 0 Å². The Kier molecular flexibility index (Phi) is 4.34. The van der Waals surface area contributed by atoms with Gasteiger partial charge in [-0.05, 0) is 19.1 Å². The second-order valence-electron chi connectivity index (χ2n) is 4.62. The second-order valence-corrected chi connectivity index (χ2v) is 4.62. The number of pyridine rings is 1. The Labute approximate surface area is 112 Å². The third kappa shape index (κ3) is 3.02. The van der Waals surface area contributed by atoms with Crippen molar-refractivity contribution in [1.29, 1.82) is 0 Å². The Morgan fingerprint density at radius 3 is 3.16 bits per heavy atom. The third-order valence-corrected chi connectivity index (χ3v) is 3.23. The van der Waals surface area contributed by atoms with Gasteiger partial charge in [0.2, 0.25) is 0 Å². The number of carbonyl (C=O) groups is 1. The fourth-order valence-corrected chi connectivity index (χ4v) is 2.08. The van der Waals surface area contributed by atoms with E-state index in [1.165, 1.54) is 0 Å². The molecule has 2 rings (SSSR count). The zero-order chi connectivity index (χ0) is 13.8. The van der Waals surface area contributed by atoms with Crippen LogP contribution in [0.2, 0.25) is 0 Å². The van der Waals surface area contributed by atoms with Crippen LogP contribution in [0.3, 0.4) is 0 Å². The first-order valence-corrected chi connectivity index (χ1v) is 6.33. The molecule has 0 saturated carbocycles. The number of hydrogen-bond donors (Lipinski definition) is 2. The van der Waals surface area contributed by atoms with Crippen LogP contribution in [0, 0.1) is 0 Å². The highest BCUT2D eigenvalue weighted by Gasteiger charge is 2.29. The molecule has 2 N–H and O–H groups in total. The number of aromatic nitrogens is 1. The highest BCUT2D eigenvalue weighted by molar-refractivity contribution is 5.95. The maximum absolute atomic E-state index is 12.5. The maximum Gasteiger partial charge on any atom is 0.254 e. The van der Waals surface area contributed by atoms with Crippen molar-refractivity contribution in [3.8, 4) is 0 Å². The predicted octanol–water partition coefficient (Wildman–Crippen LogP) is 0.345. The van der Waals surface area contributed by atoms with E-state index in [0.717, 1.165) is 0 Å². The van der Waals surface area contributed by atoms with Crippen molar-refractivity contribution in [1.82, 2.24) is 9.88 Å². The molecule has 0 radical (unpaired) electrons. The molecule has 2 heterocycles. The molecule has 2 unspecified atom stereocenters. The van der Waals surface area contributed by atoms with Crippen LogP contribution in [0.25, 0.3) is 0 Å². The molecular weight excluding hydrogens is 246 g/mol. The molecule has 104 valence electrons. The number of anilines is 1. The molecular formula is C13H19N3O3. The van der Waals surface area contributed by atoms with E-state index in [2.05, 4.69) is 10.3 Å². The van der Waals surface area contributed by atoms with Crippen molar-refractivity contribution >= 4 is 11.7 Å². The first-order chi connectivity index (χ1) is 9.15. The fourth-order valence-electron chi connectivity index (χ4n) is 2.08. The van der Waals surface area contributed by atoms with Gasteiger partial charge in [0.1, 0.15) is 5.82 Å². The van der Waals surface area contributed by atoms with Gasteiger partial charge in [-0.3, -0.25) is 4.79 Å². The van der Waals surface area contributed by atoms with E-state index in [4.69, 9.17) is 9.84 Å². The van der Waals surface area contributed by atoms with Gasteiger partial charge in [0.15, 0.2) is 0 Å². The monoisotopic (exact) mass is 265 g/mol. The number of nitrogens with zero attached hydrogens (tertiary/aromatic N) is 2. The van der Waals surface area contributed by atoms with E-state index in [-0.39, 0.29) is 24.7 Å². The first kappa shape index (κ1) is 13.8. The summed E-state index contributed by atoms with van der Waals surface area (Å²) in [5.74, 6) is 0.596. The number of ether oxygens (including phenoxy) is 1. The summed E-state index contributed by atoms with van der Waals surface area (Å²) in [5, 5.41) is 12.1. The van der Waals surface area contributed by atoms with Crippen LogP contribution >= 0.6 is 0 Å². The minimum atomic E-state index is -0.300. The molecule has 0 bridgehead atoms. The molecule has 1 aliphatic rings. The lowest BCUT2D eigenvalue weighted by Gasteiger charge is -2.37. The van der Waals surface area contributed by atoms with Crippen LogP contribution in [0.4, 0.5) is 5.82 Å². The average molecular weight is 265 g/mol. The average Bonchev–Trinajstić information content (AvgIpc) is 2.47. The molecule has 19 heavy (non-hydrogen) atoms. The van der Waals surface area contributed by atoms with Crippen molar-refractivity contribution in [2.75, 3.05) is 32.1 Å². The van der Waals surface area contributed by atoms with Crippen molar-refractivity contribution in [2.24, 2.45) is 0 Å². The number of amides is 1. The molecule has 6 nitrogen and oxygen atoms in total. The van der Waals surface area contributed by atoms with E-state index in [1.807, 2.05) is 6.92 Å². The molecule has 6 heteroatoms. The summed E-state index contributed by atoms with van der Waals surface area (Å²) in [6.45, 7) is 2.72. The van der Waals surface area contributed by atoms with Crippen molar-refractivity contribution < 1.29 is 14.6 Å². The smallest absolute Gasteiger partial charge is 0.254 e. The molecule has 1 fully saturated rings. The Bertz CT molecular complexity index is 453. The van der Waals surface area contributed by atoms with Crippen LogP contribution in [-0.4, -0.2) is 59.8 Å². The topological polar surface area (TPSA) is 74.7 Å². The van der Waals surface area contributed by atoms with Crippen LogP contribution < -0.4 is 5.32 Å². The molecule has 0 aromatic carbocycles. The second kappa shape index (κ2) is 5.99. The summed E-state index contributed by atoms with van der Waals surface area (Å²) >= 11 is 0. The Hall–Kier alpha value is -1.66. The molecule has 2 atom stereocenters. The molecule has 1 saturated heterocycles. The van der Waals surface area contributed by atoms with Gasteiger partial charge >= 0.3 is 0 Å². The Morgan fingerprint density at radius 2 is 2.47 bits per heavy atom. The van der Waals surface area contributed by atoms with E-state index in [9.17, 15) is 4.79 Å². The molecule has 1 aromatic rings. The number of nitrogens with one attached hydrogen (secondary N) is 1. The van der Waals surface area contributed by atoms with Crippen molar-refractivity contribution in [2.45, 2.75) is 19.1 Å². The number of hydrogen-bond acceptors (Lipinski definition) is 5. The van der Waals surface area contributed by atoms with Crippen LogP contribution in [0.1, 0.15) is 17.3 Å². The van der Waals surface area contributed by atoms with Crippen molar-refractivity contribution in [3.63, 3.8) is 0 Å². The standard InChI is InChI=1S/C13H19N3O3/c1-9-8-19-11(7-17)6-16(9)13(18)10-3-4-15-12(5-10)14-2/h3-5,9,11,17H,6-8H2,1-2H3,(H,14,15). The lowest BCUT2D eigenvalue weighted by atomic mass is 10.1. The summed E-state index contributed by atoms with van der Waals surface area (Å²) in [6, 6.07) is 3.42. The molecule has 1 aromatic heterocycles. The highest BCUT2D eigenvalue weighted by Crippen LogP contribution is 2.16. The van der Waals surface area contributed by atoms with Crippen molar-refractivity contribution in [3.05, 3.63) is 23.9 Å². The number of rotatable bonds is 3. The largest absolute Gasteiger partial charge is 0.394 e. The molecule has 1 aliphatic heterocycles.